The summed E-state index contributed by atoms with van der Waals surface area (Å²) in [4.78, 5) is 13.9. The van der Waals surface area contributed by atoms with Gasteiger partial charge < -0.3 is 4.90 Å². The Kier molecular flexibility index (Phi) is 6.06. The Morgan fingerprint density at radius 2 is 1.94 bits per heavy atom. The number of rotatable bonds is 6. The van der Waals surface area contributed by atoms with E-state index in [9.17, 15) is 4.79 Å². The van der Waals surface area contributed by atoms with Crippen LogP contribution in [0.3, 0.4) is 0 Å². The molecular weight excluding hydrogens is 234 g/mol. The van der Waals surface area contributed by atoms with E-state index < -0.39 is 0 Å². The zero-order valence-corrected chi connectivity index (χ0v) is 11.3. The summed E-state index contributed by atoms with van der Waals surface area (Å²) in [5, 5.41) is 0. The van der Waals surface area contributed by atoms with Gasteiger partial charge in [-0.2, -0.15) is 0 Å². The molecule has 0 saturated heterocycles. The molecular formula is C14H20ClNO. The smallest absolute Gasteiger partial charge is 0.223 e. The van der Waals surface area contributed by atoms with Gasteiger partial charge in [0.1, 0.15) is 0 Å². The number of nitrogens with zero attached hydrogens (tertiary/aromatic N) is 1. The number of halogens is 1. The van der Waals surface area contributed by atoms with Crippen LogP contribution in [-0.2, 0) is 11.3 Å². The second-order valence-electron chi connectivity index (χ2n) is 4.59. The maximum absolute atomic E-state index is 12.0. The predicted octanol–water partition coefficient (Wildman–Crippen LogP) is 3.30. The molecule has 0 aliphatic carbocycles. The van der Waals surface area contributed by atoms with Crippen molar-refractivity contribution >= 4 is 17.5 Å². The standard InChI is InChI=1S/C14H20ClNO/c1-12(2)10-14(17)16(9-8-15)11-13-6-4-3-5-7-13/h3-7,12H,8-11H2,1-2H3. The minimum atomic E-state index is 0.185. The van der Waals surface area contributed by atoms with Gasteiger partial charge in [0.15, 0.2) is 0 Å². The van der Waals surface area contributed by atoms with E-state index in [0.29, 0.717) is 31.3 Å². The van der Waals surface area contributed by atoms with Crippen molar-refractivity contribution in [3.8, 4) is 0 Å². The summed E-state index contributed by atoms with van der Waals surface area (Å²) >= 11 is 5.75. The Bertz CT molecular complexity index is 337. The monoisotopic (exact) mass is 253 g/mol. The molecule has 0 radical (unpaired) electrons. The Morgan fingerprint density at radius 1 is 1.29 bits per heavy atom. The maximum atomic E-state index is 12.0. The predicted molar refractivity (Wildman–Crippen MR) is 72.0 cm³/mol. The molecule has 2 nitrogen and oxygen atoms in total. The maximum Gasteiger partial charge on any atom is 0.223 e. The lowest BCUT2D eigenvalue weighted by Gasteiger charge is -2.22. The molecule has 1 aromatic rings. The third-order valence-corrected chi connectivity index (χ3v) is 2.68. The molecule has 94 valence electrons. The molecule has 17 heavy (non-hydrogen) atoms. The summed E-state index contributed by atoms with van der Waals surface area (Å²) in [5.74, 6) is 1.05. The fraction of sp³-hybridized carbons (Fsp3) is 0.500. The number of amides is 1. The molecule has 0 aliphatic heterocycles. The van der Waals surface area contributed by atoms with E-state index in [1.807, 2.05) is 35.2 Å². The Balaban J connectivity index is 2.63. The zero-order valence-electron chi connectivity index (χ0n) is 10.5. The molecule has 3 heteroatoms. The van der Waals surface area contributed by atoms with Crippen molar-refractivity contribution in [2.45, 2.75) is 26.8 Å². The van der Waals surface area contributed by atoms with E-state index in [2.05, 4.69) is 13.8 Å². The van der Waals surface area contributed by atoms with Gasteiger partial charge in [0.2, 0.25) is 5.91 Å². The van der Waals surface area contributed by atoms with Gasteiger partial charge in [-0.15, -0.1) is 11.6 Å². The number of hydrogen-bond acceptors (Lipinski definition) is 1. The van der Waals surface area contributed by atoms with Crippen LogP contribution < -0.4 is 0 Å². The summed E-state index contributed by atoms with van der Waals surface area (Å²) in [6.07, 6.45) is 0.587. The van der Waals surface area contributed by atoms with Gasteiger partial charge in [-0.05, 0) is 11.5 Å². The first-order valence-electron chi connectivity index (χ1n) is 6.01. The highest BCUT2D eigenvalue weighted by Crippen LogP contribution is 2.09. The number of carbonyl (C=O) groups excluding carboxylic acids is 1. The summed E-state index contributed by atoms with van der Waals surface area (Å²) in [7, 11) is 0. The first-order valence-corrected chi connectivity index (χ1v) is 6.54. The third kappa shape index (κ3) is 5.22. The van der Waals surface area contributed by atoms with Gasteiger partial charge in [-0.3, -0.25) is 4.79 Å². The number of hydrogen-bond donors (Lipinski definition) is 0. The van der Waals surface area contributed by atoms with Crippen LogP contribution in [0.4, 0.5) is 0 Å². The largest absolute Gasteiger partial charge is 0.337 e. The number of alkyl halides is 1. The van der Waals surface area contributed by atoms with Gasteiger partial charge in [0.25, 0.3) is 0 Å². The molecule has 1 aromatic carbocycles. The molecule has 1 rings (SSSR count). The first-order chi connectivity index (χ1) is 8.13. The van der Waals surface area contributed by atoms with Crippen LogP contribution in [0.15, 0.2) is 30.3 Å². The van der Waals surface area contributed by atoms with Gasteiger partial charge in [0.05, 0.1) is 0 Å². The van der Waals surface area contributed by atoms with Crippen LogP contribution >= 0.6 is 11.6 Å². The van der Waals surface area contributed by atoms with Crippen LogP contribution in [0.5, 0.6) is 0 Å². The van der Waals surface area contributed by atoms with Gasteiger partial charge in [0, 0.05) is 25.4 Å². The second kappa shape index (κ2) is 7.33. The average Bonchev–Trinajstić information content (AvgIpc) is 2.29. The van der Waals surface area contributed by atoms with Crippen molar-refractivity contribution in [3.05, 3.63) is 35.9 Å². The van der Waals surface area contributed by atoms with E-state index in [-0.39, 0.29) is 5.91 Å². The molecule has 1 amide bonds. The van der Waals surface area contributed by atoms with E-state index in [1.54, 1.807) is 0 Å². The molecule has 0 N–H and O–H groups in total. The quantitative estimate of drug-likeness (QED) is 0.713. The van der Waals surface area contributed by atoms with Crippen LogP contribution in [0.25, 0.3) is 0 Å². The molecule has 0 bridgehead atoms. The second-order valence-corrected chi connectivity index (χ2v) is 4.97. The van der Waals surface area contributed by atoms with Crippen LogP contribution in [0.2, 0.25) is 0 Å². The normalized spacial score (nSPS) is 10.6. The third-order valence-electron chi connectivity index (χ3n) is 2.51. The summed E-state index contributed by atoms with van der Waals surface area (Å²) < 4.78 is 0. The van der Waals surface area contributed by atoms with Crippen LogP contribution in [-0.4, -0.2) is 23.2 Å². The molecule has 0 heterocycles. The summed E-state index contributed by atoms with van der Waals surface area (Å²) in [5.41, 5.74) is 1.15. The first kappa shape index (κ1) is 14.0. The van der Waals surface area contributed by atoms with Crippen molar-refractivity contribution < 1.29 is 4.79 Å². The van der Waals surface area contributed by atoms with Gasteiger partial charge >= 0.3 is 0 Å². The van der Waals surface area contributed by atoms with Crippen molar-refractivity contribution in [3.63, 3.8) is 0 Å². The van der Waals surface area contributed by atoms with Crippen molar-refractivity contribution in [1.29, 1.82) is 0 Å². The van der Waals surface area contributed by atoms with Crippen molar-refractivity contribution in [2.24, 2.45) is 5.92 Å². The minimum Gasteiger partial charge on any atom is -0.337 e. The van der Waals surface area contributed by atoms with Crippen LogP contribution in [0.1, 0.15) is 25.8 Å². The molecule has 0 aliphatic rings. The average molecular weight is 254 g/mol. The van der Waals surface area contributed by atoms with E-state index in [1.165, 1.54) is 0 Å². The lowest BCUT2D eigenvalue weighted by molar-refractivity contribution is -0.132. The number of benzene rings is 1. The number of carbonyl (C=O) groups is 1. The zero-order chi connectivity index (χ0) is 12.7. The van der Waals surface area contributed by atoms with Crippen molar-refractivity contribution in [1.82, 2.24) is 4.90 Å². The van der Waals surface area contributed by atoms with Gasteiger partial charge in [-0.25, -0.2) is 0 Å². The fourth-order valence-electron chi connectivity index (χ4n) is 1.68. The molecule has 0 fully saturated rings. The molecule has 0 spiro atoms. The molecule has 0 saturated carbocycles. The molecule has 0 atom stereocenters. The molecule has 0 unspecified atom stereocenters. The minimum absolute atomic E-state index is 0.185. The topological polar surface area (TPSA) is 20.3 Å². The highest BCUT2D eigenvalue weighted by Gasteiger charge is 2.14. The highest BCUT2D eigenvalue weighted by molar-refractivity contribution is 6.18. The Morgan fingerprint density at radius 3 is 2.47 bits per heavy atom. The SMILES string of the molecule is CC(C)CC(=O)N(CCCl)Cc1ccccc1. The Labute approximate surface area is 109 Å². The summed E-state index contributed by atoms with van der Waals surface area (Å²) in [6, 6.07) is 10.0. The van der Waals surface area contributed by atoms with E-state index in [4.69, 9.17) is 11.6 Å². The molecule has 0 aromatic heterocycles. The van der Waals surface area contributed by atoms with E-state index in [0.717, 1.165) is 5.56 Å². The van der Waals surface area contributed by atoms with Gasteiger partial charge in [-0.1, -0.05) is 44.2 Å². The highest BCUT2D eigenvalue weighted by atomic mass is 35.5. The summed E-state index contributed by atoms with van der Waals surface area (Å²) in [6.45, 7) is 5.37. The van der Waals surface area contributed by atoms with Crippen LogP contribution in [0, 0.1) is 5.92 Å². The fourth-order valence-corrected chi connectivity index (χ4v) is 1.88. The Hall–Kier alpha value is -1.02. The lowest BCUT2D eigenvalue weighted by Crippen LogP contribution is -2.32. The van der Waals surface area contributed by atoms with Crippen molar-refractivity contribution in [2.75, 3.05) is 12.4 Å². The van der Waals surface area contributed by atoms with E-state index >= 15 is 0 Å². The lowest BCUT2D eigenvalue weighted by atomic mass is 10.1.